The summed E-state index contributed by atoms with van der Waals surface area (Å²) in [4.78, 5) is 22.3. The summed E-state index contributed by atoms with van der Waals surface area (Å²) in [5.41, 5.74) is -0.463. The van der Waals surface area contributed by atoms with Crippen LogP contribution in [0.4, 0.5) is 5.69 Å². The summed E-state index contributed by atoms with van der Waals surface area (Å²) >= 11 is 5.96. The van der Waals surface area contributed by atoms with Crippen LogP contribution in [-0.4, -0.2) is 9.49 Å². The van der Waals surface area contributed by atoms with Crippen LogP contribution in [-0.2, 0) is 6.54 Å². The highest BCUT2D eigenvalue weighted by Gasteiger charge is 2.17. The van der Waals surface area contributed by atoms with Crippen LogP contribution < -0.4 is 5.56 Å². The average Bonchev–Trinajstić information content (AvgIpc) is 2.42. The van der Waals surface area contributed by atoms with Gasteiger partial charge in [0.15, 0.2) is 0 Å². The second-order valence-electron chi connectivity index (χ2n) is 3.96. The van der Waals surface area contributed by atoms with Gasteiger partial charge in [-0.05, 0) is 18.2 Å². The second kappa shape index (κ2) is 5.55. The molecule has 2 aromatic rings. The zero-order valence-corrected chi connectivity index (χ0v) is 10.9. The standard InChI is InChI=1S/C13H8ClN3O3/c14-11-4-1-5-12(17(19)20)10(11)8-16-6-2-3-9(7-15)13(16)18/h1-6H,8H2. The molecule has 0 saturated heterocycles. The molecule has 0 radical (unpaired) electrons. The van der Waals surface area contributed by atoms with E-state index < -0.39 is 10.5 Å². The zero-order chi connectivity index (χ0) is 14.7. The molecule has 0 fully saturated rings. The molecule has 0 aliphatic heterocycles. The van der Waals surface area contributed by atoms with Crippen LogP contribution in [0.2, 0.25) is 5.02 Å². The Morgan fingerprint density at radius 3 is 2.75 bits per heavy atom. The molecule has 1 aromatic heterocycles. The van der Waals surface area contributed by atoms with Gasteiger partial charge in [0.1, 0.15) is 11.6 Å². The third-order valence-corrected chi connectivity index (χ3v) is 3.11. The topological polar surface area (TPSA) is 88.9 Å². The van der Waals surface area contributed by atoms with Crippen LogP contribution in [0.15, 0.2) is 41.3 Å². The van der Waals surface area contributed by atoms with Crippen LogP contribution >= 0.6 is 11.6 Å². The van der Waals surface area contributed by atoms with Crippen molar-refractivity contribution in [3.8, 4) is 6.07 Å². The van der Waals surface area contributed by atoms with E-state index in [9.17, 15) is 14.9 Å². The van der Waals surface area contributed by atoms with Crippen molar-refractivity contribution in [2.75, 3.05) is 0 Å². The van der Waals surface area contributed by atoms with E-state index in [1.165, 1.54) is 41.1 Å². The number of hydrogen-bond acceptors (Lipinski definition) is 4. The van der Waals surface area contributed by atoms with Gasteiger partial charge in [-0.2, -0.15) is 5.26 Å². The Labute approximate surface area is 118 Å². The molecule has 20 heavy (non-hydrogen) atoms. The van der Waals surface area contributed by atoms with Gasteiger partial charge in [-0.1, -0.05) is 17.7 Å². The molecule has 0 spiro atoms. The van der Waals surface area contributed by atoms with E-state index in [2.05, 4.69) is 0 Å². The van der Waals surface area contributed by atoms with E-state index in [1.54, 1.807) is 6.07 Å². The van der Waals surface area contributed by atoms with E-state index in [0.717, 1.165) is 0 Å². The molecule has 0 aliphatic carbocycles. The fourth-order valence-corrected chi connectivity index (χ4v) is 2.02. The highest BCUT2D eigenvalue weighted by molar-refractivity contribution is 6.31. The molecule has 6 nitrogen and oxygen atoms in total. The first-order valence-corrected chi connectivity index (χ1v) is 5.93. The lowest BCUT2D eigenvalue weighted by molar-refractivity contribution is -0.385. The van der Waals surface area contributed by atoms with Crippen molar-refractivity contribution >= 4 is 17.3 Å². The summed E-state index contributed by atoms with van der Waals surface area (Å²) in [7, 11) is 0. The Bertz CT molecular complexity index is 777. The Morgan fingerprint density at radius 2 is 2.10 bits per heavy atom. The number of hydrogen-bond donors (Lipinski definition) is 0. The molecule has 0 N–H and O–H groups in total. The maximum absolute atomic E-state index is 11.9. The van der Waals surface area contributed by atoms with Crippen molar-refractivity contribution in [3.63, 3.8) is 0 Å². The lowest BCUT2D eigenvalue weighted by Gasteiger charge is -2.08. The van der Waals surface area contributed by atoms with Gasteiger partial charge in [0.2, 0.25) is 0 Å². The van der Waals surface area contributed by atoms with Gasteiger partial charge in [0.25, 0.3) is 11.2 Å². The van der Waals surface area contributed by atoms with Crippen molar-refractivity contribution < 1.29 is 4.92 Å². The molecule has 2 rings (SSSR count). The number of aromatic nitrogens is 1. The molecular formula is C13H8ClN3O3. The van der Waals surface area contributed by atoms with Gasteiger partial charge in [-0.3, -0.25) is 14.9 Å². The first-order chi connectivity index (χ1) is 9.54. The zero-order valence-electron chi connectivity index (χ0n) is 10.1. The van der Waals surface area contributed by atoms with Gasteiger partial charge in [0, 0.05) is 12.3 Å². The maximum Gasteiger partial charge on any atom is 0.275 e. The SMILES string of the molecule is N#Cc1cccn(Cc2c(Cl)cccc2[N+](=O)[O-])c1=O. The first kappa shape index (κ1) is 13.8. The highest BCUT2D eigenvalue weighted by Crippen LogP contribution is 2.26. The van der Waals surface area contributed by atoms with E-state index >= 15 is 0 Å². The van der Waals surface area contributed by atoms with E-state index in [1.807, 2.05) is 0 Å². The smallest absolute Gasteiger partial charge is 0.275 e. The fraction of sp³-hybridized carbons (Fsp3) is 0.0769. The largest absolute Gasteiger partial charge is 0.310 e. The Morgan fingerprint density at radius 1 is 1.35 bits per heavy atom. The molecule has 1 heterocycles. The van der Waals surface area contributed by atoms with Crippen molar-refractivity contribution in [3.05, 3.63) is 73.1 Å². The first-order valence-electron chi connectivity index (χ1n) is 5.56. The van der Waals surface area contributed by atoms with Gasteiger partial charge < -0.3 is 4.57 Å². The molecule has 1 aromatic carbocycles. The normalized spacial score (nSPS) is 10.0. The second-order valence-corrected chi connectivity index (χ2v) is 4.37. The monoisotopic (exact) mass is 289 g/mol. The minimum atomic E-state index is -0.555. The summed E-state index contributed by atoms with van der Waals surface area (Å²) in [5, 5.41) is 20.0. The molecular weight excluding hydrogens is 282 g/mol. The third kappa shape index (κ3) is 2.53. The number of benzene rings is 1. The van der Waals surface area contributed by atoms with Crippen LogP contribution in [0.3, 0.4) is 0 Å². The maximum atomic E-state index is 11.9. The van der Waals surface area contributed by atoms with Crippen molar-refractivity contribution in [2.24, 2.45) is 0 Å². The molecule has 0 amide bonds. The summed E-state index contributed by atoms with van der Waals surface area (Å²) < 4.78 is 1.22. The minimum absolute atomic E-state index is 0.0257. The van der Waals surface area contributed by atoms with Crippen molar-refractivity contribution in [1.82, 2.24) is 4.57 Å². The van der Waals surface area contributed by atoms with Crippen LogP contribution in [0.25, 0.3) is 0 Å². The summed E-state index contributed by atoms with van der Waals surface area (Å²) in [6.45, 7) is -0.0651. The average molecular weight is 290 g/mol. The van der Waals surface area contributed by atoms with Crippen molar-refractivity contribution in [2.45, 2.75) is 6.54 Å². The van der Waals surface area contributed by atoms with Gasteiger partial charge in [-0.25, -0.2) is 0 Å². The Balaban J connectivity index is 2.54. The molecule has 0 unspecified atom stereocenters. The van der Waals surface area contributed by atoms with Gasteiger partial charge >= 0.3 is 0 Å². The number of nitriles is 1. The summed E-state index contributed by atoms with van der Waals surface area (Å²) in [6, 6.07) is 9.00. The molecule has 0 atom stereocenters. The number of halogens is 1. The highest BCUT2D eigenvalue weighted by atomic mass is 35.5. The lowest BCUT2D eigenvalue weighted by Crippen LogP contribution is -2.22. The number of nitro groups is 1. The van der Waals surface area contributed by atoms with E-state index in [-0.39, 0.29) is 28.4 Å². The van der Waals surface area contributed by atoms with Gasteiger partial charge in [-0.15, -0.1) is 0 Å². The molecule has 0 saturated carbocycles. The molecule has 0 aliphatic rings. The Kier molecular flexibility index (Phi) is 3.82. The third-order valence-electron chi connectivity index (χ3n) is 2.76. The predicted molar refractivity (Wildman–Crippen MR) is 72.6 cm³/mol. The number of pyridine rings is 1. The van der Waals surface area contributed by atoms with Crippen molar-refractivity contribution in [1.29, 1.82) is 5.26 Å². The summed E-state index contributed by atoms with van der Waals surface area (Å²) in [5.74, 6) is 0. The molecule has 7 heteroatoms. The quantitative estimate of drug-likeness (QED) is 0.640. The number of nitro benzene ring substituents is 1. The van der Waals surface area contributed by atoms with E-state index in [4.69, 9.17) is 16.9 Å². The number of rotatable bonds is 3. The predicted octanol–water partition coefficient (Wildman–Crippen LogP) is 2.33. The van der Waals surface area contributed by atoms with Crippen LogP contribution in [0.1, 0.15) is 11.1 Å². The van der Waals surface area contributed by atoms with Gasteiger partial charge in [0.05, 0.1) is 22.1 Å². The Hall–Kier alpha value is -2.65. The summed E-state index contributed by atoms with van der Waals surface area (Å²) in [6.07, 6.45) is 1.45. The molecule has 0 bridgehead atoms. The fourth-order valence-electron chi connectivity index (χ4n) is 1.79. The van der Waals surface area contributed by atoms with E-state index in [0.29, 0.717) is 0 Å². The number of nitrogens with zero attached hydrogens (tertiary/aromatic N) is 3. The van der Waals surface area contributed by atoms with Crippen LogP contribution in [0.5, 0.6) is 0 Å². The molecule has 100 valence electrons. The lowest BCUT2D eigenvalue weighted by atomic mass is 10.1. The minimum Gasteiger partial charge on any atom is -0.310 e. The van der Waals surface area contributed by atoms with Crippen LogP contribution in [0, 0.1) is 21.4 Å².